The highest BCUT2D eigenvalue weighted by Crippen LogP contribution is 2.29. The lowest BCUT2D eigenvalue weighted by molar-refractivity contribution is -0.400. The highest BCUT2D eigenvalue weighted by Gasteiger charge is 2.08. The second-order valence-electron chi connectivity index (χ2n) is 5.06. The average Bonchev–Trinajstić information content (AvgIpc) is 2.53. The van der Waals surface area contributed by atoms with Crippen molar-refractivity contribution in [1.82, 2.24) is 0 Å². The Balaban J connectivity index is 2.40. The summed E-state index contributed by atoms with van der Waals surface area (Å²) in [4.78, 5) is 10.0. The van der Waals surface area contributed by atoms with E-state index in [0.29, 0.717) is 29.0 Å². The van der Waals surface area contributed by atoms with Crippen LogP contribution < -0.4 is 4.74 Å². The fourth-order valence-electron chi connectivity index (χ4n) is 2.15. The van der Waals surface area contributed by atoms with E-state index >= 15 is 0 Å². The van der Waals surface area contributed by atoms with Gasteiger partial charge in [0.05, 0.1) is 11.5 Å². The molecule has 0 aliphatic heterocycles. The third-order valence-electron chi connectivity index (χ3n) is 3.30. The van der Waals surface area contributed by atoms with E-state index in [-0.39, 0.29) is 5.82 Å². The third kappa shape index (κ3) is 4.92. The number of ether oxygens (including phenoxy) is 1. The molecule has 0 aromatic heterocycles. The quantitative estimate of drug-likeness (QED) is 0.414. The molecule has 0 amide bonds. The fraction of sp³-hybridized carbons (Fsp3) is 0.222. The lowest BCUT2D eigenvalue weighted by Gasteiger charge is -2.11. The van der Waals surface area contributed by atoms with Crippen LogP contribution in [0.4, 0.5) is 4.39 Å². The SMILES string of the molecule is CCCCOc1ccc(/C=C/[N+](=O)[O-])c(-c2cccc(F)c2)c1. The molecule has 0 saturated carbocycles. The lowest BCUT2D eigenvalue weighted by atomic mass is 9.99. The summed E-state index contributed by atoms with van der Waals surface area (Å²) < 4.78 is 19.2. The Morgan fingerprint density at radius 3 is 2.78 bits per heavy atom. The van der Waals surface area contributed by atoms with Crippen LogP contribution in [0.5, 0.6) is 5.75 Å². The van der Waals surface area contributed by atoms with Crippen LogP contribution in [-0.4, -0.2) is 11.5 Å². The zero-order chi connectivity index (χ0) is 16.7. The molecule has 0 radical (unpaired) electrons. The summed E-state index contributed by atoms with van der Waals surface area (Å²) in [6, 6.07) is 11.4. The molecule has 2 rings (SSSR count). The molecule has 0 saturated heterocycles. The molecule has 0 spiro atoms. The normalized spacial score (nSPS) is 10.9. The van der Waals surface area contributed by atoms with Crippen molar-refractivity contribution in [3.8, 4) is 16.9 Å². The number of nitro groups is 1. The Morgan fingerprint density at radius 1 is 1.26 bits per heavy atom. The maximum atomic E-state index is 13.5. The Kier molecular flexibility index (Phi) is 5.86. The number of unbranched alkanes of at least 4 members (excludes halogenated alkanes) is 1. The molecule has 4 nitrogen and oxygen atoms in total. The lowest BCUT2D eigenvalue weighted by Crippen LogP contribution is -1.97. The molecule has 2 aromatic rings. The molecule has 0 aliphatic rings. The Labute approximate surface area is 134 Å². The Morgan fingerprint density at radius 2 is 2.09 bits per heavy atom. The van der Waals surface area contributed by atoms with Gasteiger partial charge in [0, 0.05) is 6.08 Å². The Bertz CT molecular complexity index is 713. The van der Waals surface area contributed by atoms with Crippen LogP contribution in [0.2, 0.25) is 0 Å². The van der Waals surface area contributed by atoms with Crippen molar-refractivity contribution in [2.24, 2.45) is 0 Å². The molecular weight excluding hydrogens is 297 g/mol. The van der Waals surface area contributed by atoms with E-state index in [0.717, 1.165) is 19.0 Å². The summed E-state index contributed by atoms with van der Waals surface area (Å²) in [6.45, 7) is 2.68. The number of hydrogen-bond acceptors (Lipinski definition) is 3. The van der Waals surface area contributed by atoms with Crippen LogP contribution in [0.15, 0.2) is 48.7 Å². The van der Waals surface area contributed by atoms with Crippen molar-refractivity contribution in [1.29, 1.82) is 0 Å². The van der Waals surface area contributed by atoms with Crippen LogP contribution in [0.25, 0.3) is 17.2 Å². The predicted octanol–water partition coefficient (Wildman–Crippen LogP) is 4.92. The summed E-state index contributed by atoms with van der Waals surface area (Å²) in [6.07, 6.45) is 4.24. The zero-order valence-electron chi connectivity index (χ0n) is 12.9. The van der Waals surface area contributed by atoms with Crippen molar-refractivity contribution in [3.63, 3.8) is 0 Å². The first kappa shape index (κ1) is 16.7. The van der Waals surface area contributed by atoms with Crippen molar-refractivity contribution in [2.45, 2.75) is 19.8 Å². The van der Waals surface area contributed by atoms with Crippen LogP contribution in [0.1, 0.15) is 25.3 Å². The minimum absolute atomic E-state index is 0.357. The molecule has 5 heteroatoms. The summed E-state index contributed by atoms with van der Waals surface area (Å²) in [5, 5.41) is 10.5. The third-order valence-corrected chi connectivity index (χ3v) is 3.30. The van der Waals surface area contributed by atoms with E-state index in [1.54, 1.807) is 30.3 Å². The van der Waals surface area contributed by atoms with Gasteiger partial charge >= 0.3 is 0 Å². The van der Waals surface area contributed by atoms with Crippen molar-refractivity contribution in [2.75, 3.05) is 6.61 Å². The van der Waals surface area contributed by atoms with Gasteiger partial charge in [-0.3, -0.25) is 10.1 Å². The summed E-state index contributed by atoms with van der Waals surface area (Å²) in [5.41, 5.74) is 1.97. The smallest absolute Gasteiger partial charge is 0.235 e. The number of hydrogen-bond donors (Lipinski definition) is 0. The molecule has 0 heterocycles. The number of benzene rings is 2. The van der Waals surface area contributed by atoms with Gasteiger partial charge in [0.2, 0.25) is 6.20 Å². The first-order chi connectivity index (χ1) is 11.1. The fourth-order valence-corrected chi connectivity index (χ4v) is 2.15. The molecule has 0 fully saturated rings. The summed E-state index contributed by atoms with van der Waals surface area (Å²) in [7, 11) is 0. The van der Waals surface area contributed by atoms with Crippen molar-refractivity contribution < 1.29 is 14.1 Å². The topological polar surface area (TPSA) is 52.4 Å². The molecule has 2 aromatic carbocycles. The van der Waals surface area contributed by atoms with E-state index in [2.05, 4.69) is 6.92 Å². The van der Waals surface area contributed by atoms with E-state index in [9.17, 15) is 14.5 Å². The van der Waals surface area contributed by atoms with Gasteiger partial charge in [0.25, 0.3) is 0 Å². The minimum atomic E-state index is -0.527. The van der Waals surface area contributed by atoms with E-state index in [1.165, 1.54) is 18.2 Å². The summed E-state index contributed by atoms with van der Waals surface area (Å²) in [5.74, 6) is 0.306. The van der Waals surface area contributed by atoms with Crippen LogP contribution >= 0.6 is 0 Å². The Hall–Kier alpha value is -2.69. The molecule has 0 atom stereocenters. The standard InChI is InChI=1S/C18H18FNO3/c1-2-3-11-23-17-8-7-14(9-10-20(21)22)18(13-17)15-5-4-6-16(19)12-15/h4-10,12-13H,2-3,11H2,1H3/b10-9+. The van der Waals surface area contributed by atoms with Gasteiger partial charge < -0.3 is 4.74 Å². The van der Waals surface area contributed by atoms with Crippen molar-refractivity contribution in [3.05, 3.63) is 70.2 Å². The first-order valence-corrected chi connectivity index (χ1v) is 7.44. The molecule has 0 aliphatic carbocycles. The zero-order valence-corrected chi connectivity index (χ0v) is 12.9. The monoisotopic (exact) mass is 315 g/mol. The van der Waals surface area contributed by atoms with Gasteiger partial charge in [0.1, 0.15) is 11.6 Å². The minimum Gasteiger partial charge on any atom is -0.494 e. The van der Waals surface area contributed by atoms with Gasteiger partial charge in [0.15, 0.2) is 0 Å². The van der Waals surface area contributed by atoms with Gasteiger partial charge in [-0.05, 0) is 47.4 Å². The molecule has 0 bridgehead atoms. The van der Waals surface area contributed by atoms with E-state index < -0.39 is 4.92 Å². The van der Waals surface area contributed by atoms with E-state index in [4.69, 9.17) is 4.74 Å². The maximum Gasteiger partial charge on any atom is 0.235 e. The van der Waals surface area contributed by atoms with Crippen LogP contribution in [0, 0.1) is 15.9 Å². The highest BCUT2D eigenvalue weighted by atomic mass is 19.1. The predicted molar refractivity (Wildman–Crippen MR) is 88.3 cm³/mol. The number of nitrogens with zero attached hydrogens (tertiary/aromatic N) is 1. The second kappa shape index (κ2) is 8.08. The highest BCUT2D eigenvalue weighted by molar-refractivity contribution is 5.76. The first-order valence-electron chi connectivity index (χ1n) is 7.44. The molecule has 120 valence electrons. The second-order valence-corrected chi connectivity index (χ2v) is 5.06. The average molecular weight is 315 g/mol. The van der Waals surface area contributed by atoms with Crippen molar-refractivity contribution >= 4 is 6.08 Å². The summed E-state index contributed by atoms with van der Waals surface area (Å²) >= 11 is 0. The number of rotatable bonds is 7. The van der Waals surface area contributed by atoms with Crippen LogP contribution in [-0.2, 0) is 0 Å². The van der Waals surface area contributed by atoms with E-state index in [1.807, 2.05) is 0 Å². The van der Waals surface area contributed by atoms with Crippen LogP contribution in [0.3, 0.4) is 0 Å². The maximum absolute atomic E-state index is 13.5. The number of halogens is 1. The largest absolute Gasteiger partial charge is 0.494 e. The molecule has 0 N–H and O–H groups in total. The molecule has 23 heavy (non-hydrogen) atoms. The van der Waals surface area contributed by atoms with Gasteiger partial charge in [-0.25, -0.2) is 4.39 Å². The van der Waals surface area contributed by atoms with Gasteiger partial charge in [-0.2, -0.15) is 0 Å². The molecule has 0 unspecified atom stereocenters. The van der Waals surface area contributed by atoms with Gasteiger partial charge in [-0.15, -0.1) is 0 Å². The molecular formula is C18H18FNO3. The van der Waals surface area contributed by atoms with Gasteiger partial charge in [-0.1, -0.05) is 31.5 Å².